The average molecular weight is 481 g/mol. The molecule has 3 N–H and O–H groups in total. The summed E-state index contributed by atoms with van der Waals surface area (Å²) in [4.78, 5) is 17.2. The van der Waals surface area contributed by atoms with E-state index in [1.165, 1.54) is 0 Å². The Hall–Kier alpha value is -2.99. The number of urea groups is 1. The summed E-state index contributed by atoms with van der Waals surface area (Å²) in [7, 11) is 1.62. The van der Waals surface area contributed by atoms with Crippen molar-refractivity contribution in [1.82, 2.24) is 10.3 Å². The number of ether oxygens (including phenoxy) is 1. The number of carbonyl (C=O) groups is 1. The van der Waals surface area contributed by atoms with Crippen LogP contribution in [0.2, 0.25) is 5.02 Å². The van der Waals surface area contributed by atoms with Crippen LogP contribution in [-0.4, -0.2) is 30.2 Å². The van der Waals surface area contributed by atoms with Crippen molar-refractivity contribution in [3.8, 4) is 5.75 Å². The highest BCUT2D eigenvalue weighted by Gasteiger charge is 2.24. The molecule has 1 aliphatic rings. The van der Waals surface area contributed by atoms with E-state index in [-0.39, 0.29) is 17.5 Å². The van der Waals surface area contributed by atoms with Gasteiger partial charge in [0.15, 0.2) is 0 Å². The van der Waals surface area contributed by atoms with Crippen LogP contribution in [0.1, 0.15) is 52.0 Å². The molecular formula is C27H33ClN4O2. The van der Waals surface area contributed by atoms with Crippen molar-refractivity contribution in [2.24, 2.45) is 0 Å². The number of nitrogens with one attached hydrogen (secondary N) is 3. The number of rotatable bonds is 5. The number of nitrogens with zero attached hydrogens (tertiary/aromatic N) is 1. The minimum Gasteiger partial charge on any atom is -0.495 e. The molecule has 34 heavy (non-hydrogen) atoms. The fourth-order valence-electron chi connectivity index (χ4n) is 4.47. The molecule has 0 bridgehead atoms. The van der Waals surface area contributed by atoms with Gasteiger partial charge in [-0.1, -0.05) is 38.4 Å². The second kappa shape index (κ2) is 10.1. The van der Waals surface area contributed by atoms with E-state index in [0.29, 0.717) is 22.5 Å². The predicted molar refractivity (Wildman–Crippen MR) is 140 cm³/mol. The van der Waals surface area contributed by atoms with Crippen LogP contribution in [-0.2, 0) is 5.41 Å². The van der Waals surface area contributed by atoms with Gasteiger partial charge in [0, 0.05) is 34.4 Å². The third-order valence-electron chi connectivity index (χ3n) is 6.44. The number of hydrogen-bond donors (Lipinski definition) is 3. The van der Waals surface area contributed by atoms with E-state index in [2.05, 4.69) is 41.7 Å². The fraction of sp³-hybridized carbons (Fsp3) is 0.407. The summed E-state index contributed by atoms with van der Waals surface area (Å²) in [6.07, 6.45) is 5.59. The third-order valence-corrected chi connectivity index (χ3v) is 6.68. The molecule has 1 saturated carbocycles. The van der Waals surface area contributed by atoms with Crippen molar-refractivity contribution in [1.29, 1.82) is 0 Å². The van der Waals surface area contributed by atoms with Gasteiger partial charge in [-0.25, -0.2) is 4.79 Å². The van der Waals surface area contributed by atoms with Gasteiger partial charge in [-0.2, -0.15) is 0 Å². The molecule has 1 aliphatic carbocycles. The normalized spacial score (nSPS) is 18.4. The number of aromatic nitrogens is 1. The van der Waals surface area contributed by atoms with Crippen molar-refractivity contribution in [2.45, 2.75) is 64.0 Å². The van der Waals surface area contributed by atoms with Crippen LogP contribution in [0.4, 0.5) is 16.2 Å². The molecule has 2 aromatic carbocycles. The number of benzene rings is 2. The molecule has 7 heteroatoms. The standard InChI is InChI=1S/C27H33ClN4O2/c1-27(2,3)17-5-12-25(34-4)24(15-17)32-26(33)31-20-9-7-19(8-10-20)30-22-13-14-29-23-16-18(28)6-11-21(22)23/h5-6,11-16,19-20H,7-10H2,1-4H3,(H,29,30)(H2,31,32,33). The van der Waals surface area contributed by atoms with E-state index in [1.54, 1.807) is 13.3 Å². The maximum absolute atomic E-state index is 12.7. The lowest BCUT2D eigenvalue weighted by Gasteiger charge is -2.30. The van der Waals surface area contributed by atoms with E-state index in [9.17, 15) is 4.79 Å². The zero-order valence-corrected chi connectivity index (χ0v) is 21.0. The number of halogens is 1. The Morgan fingerprint density at radius 3 is 2.44 bits per heavy atom. The first-order chi connectivity index (χ1) is 16.2. The van der Waals surface area contributed by atoms with Gasteiger partial charge in [-0.05, 0) is 73.1 Å². The molecule has 4 rings (SSSR count). The van der Waals surface area contributed by atoms with Crippen molar-refractivity contribution in [3.05, 3.63) is 59.2 Å². The largest absolute Gasteiger partial charge is 0.495 e. The molecule has 3 aromatic rings. The molecule has 0 radical (unpaired) electrons. The molecule has 0 aliphatic heterocycles. The lowest BCUT2D eigenvalue weighted by Crippen LogP contribution is -2.42. The summed E-state index contributed by atoms with van der Waals surface area (Å²) in [5.74, 6) is 0.655. The summed E-state index contributed by atoms with van der Waals surface area (Å²) < 4.78 is 5.45. The molecule has 0 spiro atoms. The summed E-state index contributed by atoms with van der Waals surface area (Å²) >= 11 is 6.11. The lowest BCUT2D eigenvalue weighted by atomic mass is 9.87. The molecule has 1 aromatic heterocycles. The molecule has 1 fully saturated rings. The van der Waals surface area contributed by atoms with Crippen LogP contribution in [0.15, 0.2) is 48.7 Å². The summed E-state index contributed by atoms with van der Waals surface area (Å²) in [6.45, 7) is 6.44. The zero-order chi connectivity index (χ0) is 24.3. The summed E-state index contributed by atoms with van der Waals surface area (Å²) in [5, 5.41) is 11.5. The topological polar surface area (TPSA) is 75.3 Å². The van der Waals surface area contributed by atoms with Crippen LogP contribution < -0.4 is 20.7 Å². The number of hydrogen-bond acceptors (Lipinski definition) is 4. The van der Waals surface area contributed by atoms with Crippen LogP contribution in [0.25, 0.3) is 10.9 Å². The van der Waals surface area contributed by atoms with Gasteiger partial charge in [0.05, 0.1) is 18.3 Å². The van der Waals surface area contributed by atoms with Gasteiger partial charge in [-0.15, -0.1) is 0 Å². The molecule has 6 nitrogen and oxygen atoms in total. The number of carbonyl (C=O) groups excluding carboxylic acids is 1. The van der Waals surface area contributed by atoms with Gasteiger partial charge >= 0.3 is 6.03 Å². The maximum atomic E-state index is 12.7. The first-order valence-corrected chi connectivity index (χ1v) is 12.2. The number of anilines is 2. The molecule has 2 amide bonds. The third kappa shape index (κ3) is 5.73. The monoisotopic (exact) mass is 480 g/mol. The Balaban J connectivity index is 1.33. The van der Waals surface area contributed by atoms with Crippen LogP contribution in [0, 0.1) is 0 Å². The van der Waals surface area contributed by atoms with Crippen LogP contribution >= 0.6 is 11.6 Å². The average Bonchev–Trinajstić information content (AvgIpc) is 2.79. The number of amides is 2. The number of pyridine rings is 1. The van der Waals surface area contributed by atoms with Gasteiger partial charge < -0.3 is 20.7 Å². The SMILES string of the molecule is COc1ccc(C(C)(C)C)cc1NC(=O)NC1CCC(Nc2ccnc3cc(Cl)ccc23)CC1. The van der Waals surface area contributed by atoms with E-state index in [4.69, 9.17) is 16.3 Å². The fourth-order valence-corrected chi connectivity index (χ4v) is 4.63. The molecule has 0 saturated heterocycles. The summed E-state index contributed by atoms with van der Waals surface area (Å²) in [6, 6.07) is 14.0. The van der Waals surface area contributed by atoms with Crippen molar-refractivity contribution in [3.63, 3.8) is 0 Å². The Kier molecular flexibility index (Phi) is 7.17. The van der Waals surface area contributed by atoms with Gasteiger partial charge in [-0.3, -0.25) is 4.98 Å². The quantitative estimate of drug-likeness (QED) is 0.378. The molecule has 0 unspecified atom stereocenters. The van der Waals surface area contributed by atoms with Crippen molar-refractivity contribution in [2.75, 3.05) is 17.7 Å². The van der Waals surface area contributed by atoms with E-state index in [1.807, 2.05) is 42.5 Å². The first-order valence-electron chi connectivity index (χ1n) is 11.8. The Bertz CT molecular complexity index is 1170. The molecular weight excluding hydrogens is 448 g/mol. The Labute approximate surface area is 206 Å². The maximum Gasteiger partial charge on any atom is 0.319 e. The first kappa shape index (κ1) is 24.1. The van der Waals surface area contributed by atoms with E-state index in [0.717, 1.165) is 47.8 Å². The van der Waals surface area contributed by atoms with Crippen molar-refractivity contribution >= 4 is 39.9 Å². The second-order valence-corrected chi connectivity index (χ2v) is 10.4. The highest BCUT2D eigenvalue weighted by Crippen LogP contribution is 2.32. The van der Waals surface area contributed by atoms with Crippen LogP contribution in [0.3, 0.4) is 0 Å². The Morgan fingerprint density at radius 2 is 1.74 bits per heavy atom. The van der Waals surface area contributed by atoms with Gasteiger partial charge in [0.2, 0.25) is 0 Å². The molecule has 1 heterocycles. The van der Waals surface area contributed by atoms with E-state index >= 15 is 0 Å². The highest BCUT2D eigenvalue weighted by atomic mass is 35.5. The predicted octanol–water partition coefficient (Wildman–Crippen LogP) is 6.74. The zero-order valence-electron chi connectivity index (χ0n) is 20.2. The van der Waals surface area contributed by atoms with Gasteiger partial charge in [0.1, 0.15) is 5.75 Å². The lowest BCUT2D eigenvalue weighted by molar-refractivity contribution is 0.243. The summed E-state index contributed by atoms with van der Waals surface area (Å²) in [5.41, 5.74) is 3.77. The number of methoxy groups -OCH3 is 1. The van der Waals surface area contributed by atoms with Crippen molar-refractivity contribution < 1.29 is 9.53 Å². The molecule has 0 atom stereocenters. The second-order valence-electron chi connectivity index (χ2n) is 9.98. The highest BCUT2D eigenvalue weighted by molar-refractivity contribution is 6.31. The Morgan fingerprint density at radius 1 is 1.00 bits per heavy atom. The van der Waals surface area contributed by atoms with Gasteiger partial charge in [0.25, 0.3) is 0 Å². The smallest absolute Gasteiger partial charge is 0.319 e. The van der Waals surface area contributed by atoms with E-state index < -0.39 is 0 Å². The molecule has 180 valence electrons. The number of fused-ring (bicyclic) bond motifs is 1. The minimum atomic E-state index is -0.197. The van der Waals surface area contributed by atoms with Crippen LogP contribution in [0.5, 0.6) is 5.75 Å². The minimum absolute atomic E-state index is 0.0169.